The van der Waals surface area contributed by atoms with Crippen LogP contribution in [0.4, 0.5) is 0 Å². The number of hydrogen-bond donors (Lipinski definition) is 3. The van der Waals surface area contributed by atoms with Crippen LogP contribution >= 0.6 is 35.7 Å². The third-order valence-corrected chi connectivity index (χ3v) is 4.34. The van der Waals surface area contributed by atoms with Gasteiger partial charge in [-0.2, -0.15) is 0 Å². The standard InChI is InChI=1S/C18H22N4OS.HI/c1-20-18(21-11-12-24-16-5-3-2-4-6-16)22-13-14-7-9-15(10-8-14)17(19)23;/h2-10H,11-13H2,1H3,(H2,19,23)(H2,20,21,22);1H. The number of amides is 1. The predicted octanol–water partition coefficient (Wildman–Crippen LogP) is 2.86. The number of nitrogens with zero attached hydrogens (tertiary/aromatic N) is 1. The predicted molar refractivity (Wildman–Crippen MR) is 116 cm³/mol. The average Bonchev–Trinajstić information content (AvgIpc) is 2.62. The summed E-state index contributed by atoms with van der Waals surface area (Å²) in [5.41, 5.74) is 6.80. The lowest BCUT2D eigenvalue weighted by Gasteiger charge is -2.12. The van der Waals surface area contributed by atoms with Gasteiger partial charge < -0.3 is 16.4 Å². The van der Waals surface area contributed by atoms with Crippen LogP contribution in [0.5, 0.6) is 0 Å². The summed E-state index contributed by atoms with van der Waals surface area (Å²) >= 11 is 1.80. The molecule has 0 saturated carbocycles. The summed E-state index contributed by atoms with van der Waals surface area (Å²) < 4.78 is 0. The van der Waals surface area contributed by atoms with E-state index in [4.69, 9.17) is 5.73 Å². The van der Waals surface area contributed by atoms with Gasteiger partial charge in [0.2, 0.25) is 5.91 Å². The quantitative estimate of drug-likeness (QED) is 0.191. The van der Waals surface area contributed by atoms with Crippen LogP contribution in [0, 0.1) is 0 Å². The molecular formula is C18H23IN4OS. The van der Waals surface area contributed by atoms with Crippen molar-refractivity contribution in [3.8, 4) is 0 Å². The molecule has 2 aromatic carbocycles. The Morgan fingerprint density at radius 1 is 1.08 bits per heavy atom. The van der Waals surface area contributed by atoms with E-state index in [1.807, 2.05) is 30.3 Å². The van der Waals surface area contributed by atoms with Crippen LogP contribution in [0.2, 0.25) is 0 Å². The van der Waals surface area contributed by atoms with Gasteiger partial charge in [0.1, 0.15) is 0 Å². The third kappa shape index (κ3) is 7.78. The maximum absolute atomic E-state index is 11.0. The largest absolute Gasteiger partial charge is 0.366 e. The number of benzene rings is 2. The van der Waals surface area contributed by atoms with E-state index in [-0.39, 0.29) is 24.0 Å². The summed E-state index contributed by atoms with van der Waals surface area (Å²) in [6, 6.07) is 17.5. The first kappa shape index (κ1) is 21.3. The van der Waals surface area contributed by atoms with Crippen LogP contribution < -0.4 is 16.4 Å². The Morgan fingerprint density at radius 2 is 1.76 bits per heavy atom. The Labute approximate surface area is 169 Å². The fourth-order valence-electron chi connectivity index (χ4n) is 2.05. The Balaban J connectivity index is 0.00000312. The van der Waals surface area contributed by atoms with Gasteiger partial charge >= 0.3 is 0 Å². The summed E-state index contributed by atoms with van der Waals surface area (Å²) in [5.74, 6) is 1.29. The molecule has 5 nitrogen and oxygen atoms in total. The number of guanidine groups is 1. The van der Waals surface area contributed by atoms with E-state index in [1.54, 1.807) is 30.9 Å². The molecule has 4 N–H and O–H groups in total. The summed E-state index contributed by atoms with van der Waals surface area (Å²) in [6.07, 6.45) is 0. The Kier molecular flexibility index (Phi) is 10.0. The van der Waals surface area contributed by atoms with Crippen LogP contribution in [0.25, 0.3) is 0 Å². The topological polar surface area (TPSA) is 79.5 Å². The van der Waals surface area contributed by atoms with Crippen molar-refractivity contribution in [1.29, 1.82) is 0 Å². The minimum atomic E-state index is -0.414. The molecule has 2 aromatic rings. The van der Waals surface area contributed by atoms with Gasteiger partial charge in [-0.05, 0) is 29.8 Å². The van der Waals surface area contributed by atoms with E-state index in [0.717, 1.165) is 23.8 Å². The fourth-order valence-corrected chi connectivity index (χ4v) is 2.84. The van der Waals surface area contributed by atoms with Gasteiger partial charge in [0.15, 0.2) is 5.96 Å². The Hall–Kier alpha value is -1.74. The molecule has 7 heteroatoms. The van der Waals surface area contributed by atoms with Gasteiger partial charge in [-0.3, -0.25) is 9.79 Å². The lowest BCUT2D eigenvalue weighted by molar-refractivity contribution is 0.100. The zero-order valence-electron chi connectivity index (χ0n) is 14.1. The highest BCUT2D eigenvalue weighted by atomic mass is 127. The molecule has 0 radical (unpaired) electrons. The van der Waals surface area contributed by atoms with Gasteiger partial charge in [0.25, 0.3) is 0 Å². The number of hydrogen-bond acceptors (Lipinski definition) is 3. The zero-order valence-corrected chi connectivity index (χ0v) is 17.2. The lowest BCUT2D eigenvalue weighted by atomic mass is 10.1. The fraction of sp³-hybridized carbons (Fsp3) is 0.222. The van der Waals surface area contributed by atoms with Crippen molar-refractivity contribution < 1.29 is 4.79 Å². The Morgan fingerprint density at radius 3 is 2.36 bits per heavy atom. The number of halogens is 1. The number of carbonyl (C=O) groups is 1. The number of carbonyl (C=O) groups excluding carboxylic acids is 1. The maximum atomic E-state index is 11.0. The summed E-state index contributed by atoms with van der Waals surface area (Å²) in [7, 11) is 1.75. The number of rotatable bonds is 7. The molecule has 2 rings (SSSR count). The summed E-state index contributed by atoms with van der Waals surface area (Å²) in [6.45, 7) is 1.45. The molecule has 0 saturated heterocycles. The molecule has 0 bridgehead atoms. The molecule has 0 heterocycles. The zero-order chi connectivity index (χ0) is 17.2. The summed E-state index contributed by atoms with van der Waals surface area (Å²) in [5, 5.41) is 6.53. The number of primary amides is 1. The van der Waals surface area contributed by atoms with Gasteiger partial charge in [0, 0.05) is 36.3 Å². The molecule has 0 fully saturated rings. The molecular weight excluding hydrogens is 447 g/mol. The van der Waals surface area contributed by atoms with Crippen LogP contribution in [0.3, 0.4) is 0 Å². The van der Waals surface area contributed by atoms with Gasteiger partial charge in [-0.1, -0.05) is 30.3 Å². The van der Waals surface area contributed by atoms with Gasteiger partial charge in [-0.15, -0.1) is 35.7 Å². The van der Waals surface area contributed by atoms with Crippen molar-refractivity contribution in [1.82, 2.24) is 10.6 Å². The minimum absolute atomic E-state index is 0. The van der Waals surface area contributed by atoms with Crippen LogP contribution in [0.15, 0.2) is 64.5 Å². The highest BCUT2D eigenvalue weighted by Crippen LogP contribution is 2.15. The molecule has 0 aromatic heterocycles. The SMILES string of the molecule is CN=C(NCCSc1ccccc1)NCc1ccc(C(N)=O)cc1.I. The molecule has 0 spiro atoms. The first-order valence-corrected chi connectivity index (χ1v) is 8.68. The van der Waals surface area contributed by atoms with E-state index in [9.17, 15) is 4.79 Å². The van der Waals surface area contributed by atoms with E-state index < -0.39 is 5.91 Å². The number of nitrogens with two attached hydrogens (primary N) is 1. The van der Waals surface area contributed by atoms with Crippen molar-refractivity contribution >= 4 is 47.6 Å². The van der Waals surface area contributed by atoms with Crippen molar-refractivity contribution in [2.24, 2.45) is 10.7 Å². The molecule has 0 aliphatic heterocycles. The highest BCUT2D eigenvalue weighted by Gasteiger charge is 2.01. The number of thioether (sulfide) groups is 1. The van der Waals surface area contributed by atoms with E-state index in [1.165, 1.54) is 4.90 Å². The third-order valence-electron chi connectivity index (χ3n) is 3.33. The first-order chi connectivity index (χ1) is 11.7. The second kappa shape index (κ2) is 11.8. The van der Waals surface area contributed by atoms with Crippen molar-refractivity contribution in [3.05, 3.63) is 65.7 Å². The van der Waals surface area contributed by atoms with E-state index >= 15 is 0 Å². The van der Waals surface area contributed by atoms with Gasteiger partial charge in [-0.25, -0.2) is 0 Å². The molecule has 0 aliphatic rings. The number of aliphatic imine (C=N–C) groups is 1. The monoisotopic (exact) mass is 470 g/mol. The molecule has 1 amide bonds. The first-order valence-electron chi connectivity index (χ1n) is 7.70. The lowest BCUT2D eigenvalue weighted by Crippen LogP contribution is -2.37. The molecule has 0 aliphatic carbocycles. The summed E-state index contributed by atoms with van der Waals surface area (Å²) in [4.78, 5) is 16.5. The van der Waals surface area contributed by atoms with Crippen molar-refractivity contribution in [2.45, 2.75) is 11.4 Å². The molecule has 0 unspecified atom stereocenters. The highest BCUT2D eigenvalue weighted by molar-refractivity contribution is 14.0. The van der Waals surface area contributed by atoms with E-state index in [2.05, 4.69) is 27.8 Å². The normalized spacial score (nSPS) is 10.7. The van der Waals surface area contributed by atoms with Crippen LogP contribution in [-0.2, 0) is 6.54 Å². The number of nitrogens with one attached hydrogen (secondary N) is 2. The maximum Gasteiger partial charge on any atom is 0.248 e. The molecule has 25 heavy (non-hydrogen) atoms. The second-order valence-corrected chi connectivity index (χ2v) is 6.24. The van der Waals surface area contributed by atoms with Crippen LogP contribution in [0.1, 0.15) is 15.9 Å². The molecule has 134 valence electrons. The van der Waals surface area contributed by atoms with Crippen molar-refractivity contribution in [2.75, 3.05) is 19.3 Å². The smallest absolute Gasteiger partial charge is 0.248 e. The Bertz CT molecular complexity index is 677. The van der Waals surface area contributed by atoms with Crippen LogP contribution in [-0.4, -0.2) is 31.2 Å². The van der Waals surface area contributed by atoms with Crippen molar-refractivity contribution in [3.63, 3.8) is 0 Å². The van der Waals surface area contributed by atoms with Gasteiger partial charge in [0.05, 0.1) is 0 Å². The van der Waals surface area contributed by atoms with E-state index in [0.29, 0.717) is 12.1 Å². The minimum Gasteiger partial charge on any atom is -0.366 e. The average molecular weight is 470 g/mol. The second-order valence-electron chi connectivity index (χ2n) is 5.08. The molecule has 0 atom stereocenters.